The molecule has 0 radical (unpaired) electrons. The van der Waals surface area contributed by atoms with Crippen molar-refractivity contribution in [2.75, 3.05) is 40.0 Å². The summed E-state index contributed by atoms with van der Waals surface area (Å²) >= 11 is 1.48. The van der Waals surface area contributed by atoms with Crippen LogP contribution in [0.5, 0.6) is 0 Å². The summed E-state index contributed by atoms with van der Waals surface area (Å²) in [5.74, 6) is 2.98. The molecular weight excluding hydrogens is 402 g/mol. The first-order chi connectivity index (χ1) is 7.85. The van der Waals surface area contributed by atoms with Gasteiger partial charge in [-0.05, 0) is 7.05 Å². The van der Waals surface area contributed by atoms with Crippen LogP contribution in [0.25, 0.3) is 0 Å². The molecule has 0 aliphatic carbocycles. The van der Waals surface area contributed by atoms with Gasteiger partial charge in [0, 0.05) is 0 Å². The molecule has 0 aliphatic rings. The van der Waals surface area contributed by atoms with Crippen LogP contribution in [0.1, 0.15) is 12.8 Å². The molecule has 0 aromatic rings. The van der Waals surface area contributed by atoms with Gasteiger partial charge in [-0.1, -0.05) is 0 Å². The van der Waals surface area contributed by atoms with Crippen LogP contribution in [0.2, 0.25) is 0 Å². The quantitative estimate of drug-likeness (QED) is 0.380. The van der Waals surface area contributed by atoms with Crippen LogP contribution in [0, 0.1) is 34.3 Å². The summed E-state index contributed by atoms with van der Waals surface area (Å²) < 4.78 is 13.7. The van der Waals surface area contributed by atoms with E-state index in [4.69, 9.17) is 15.2 Å². The minimum atomic E-state index is 0.252. The van der Waals surface area contributed by atoms with Crippen molar-refractivity contribution < 1.29 is 34.2 Å². The van der Waals surface area contributed by atoms with E-state index in [1.54, 1.807) is 0 Å². The Morgan fingerprint density at radius 1 is 1.31 bits per heavy atom. The van der Waals surface area contributed by atoms with E-state index in [-0.39, 0.29) is 6.04 Å². The molecule has 0 fully saturated rings. The van der Waals surface area contributed by atoms with Gasteiger partial charge < -0.3 is 5.73 Å². The molecule has 16 heavy (non-hydrogen) atoms. The first-order valence-corrected chi connectivity index (χ1v) is 6.93. The van der Waals surface area contributed by atoms with Crippen LogP contribution in [0.15, 0.2) is 0 Å². The molecule has 0 aromatic heterocycles. The van der Waals surface area contributed by atoms with Gasteiger partial charge >= 0.3 is 101 Å². The predicted molar refractivity (Wildman–Crippen MR) is 60.6 cm³/mol. The second kappa shape index (κ2) is 13.3. The average molecular weight is 423 g/mol. The zero-order valence-corrected chi connectivity index (χ0v) is 12.7. The Morgan fingerprint density at radius 2 is 2.06 bits per heavy atom. The standard InChI is InChI=1S/C11H21AtN2O2/c1-14-11(9-13)10-16-8-4-7-15-6-3-2-5-12/h11,14H,3-4,6-10,13H2,1H3. The Bertz CT molecular complexity index is 200. The maximum absolute atomic E-state index is 5.51. The number of nitrogens with one attached hydrogen (secondary N) is 1. The van der Waals surface area contributed by atoms with Crippen LogP contribution in [-0.2, 0) is 9.47 Å². The summed E-state index contributed by atoms with van der Waals surface area (Å²) in [7, 11) is 1.89. The van der Waals surface area contributed by atoms with Crippen LogP contribution < -0.4 is 11.1 Å². The van der Waals surface area contributed by atoms with Gasteiger partial charge in [-0.25, -0.2) is 0 Å². The first-order valence-electron chi connectivity index (χ1n) is 5.46. The van der Waals surface area contributed by atoms with E-state index >= 15 is 0 Å². The van der Waals surface area contributed by atoms with E-state index in [9.17, 15) is 0 Å². The van der Waals surface area contributed by atoms with E-state index < -0.39 is 0 Å². The monoisotopic (exact) mass is 423 g/mol. The van der Waals surface area contributed by atoms with Gasteiger partial charge in [-0.15, -0.1) is 0 Å². The van der Waals surface area contributed by atoms with Crippen molar-refractivity contribution in [3.8, 4) is 9.55 Å². The molecule has 0 saturated carbocycles. The van der Waals surface area contributed by atoms with Crippen molar-refractivity contribution in [3.05, 3.63) is 0 Å². The molecule has 0 heterocycles. The third-order valence-corrected chi connectivity index (χ3v) is 2.55. The summed E-state index contributed by atoms with van der Waals surface area (Å²) in [6.45, 7) is 3.45. The molecule has 0 aliphatic heterocycles. The summed E-state index contributed by atoms with van der Waals surface area (Å²) in [4.78, 5) is 0. The average Bonchev–Trinajstić information content (AvgIpc) is 2.32. The molecule has 0 amide bonds. The molecular formula is C11H21AtN2O2. The molecule has 1 unspecified atom stereocenters. The third kappa shape index (κ3) is 10.8. The van der Waals surface area contributed by atoms with Gasteiger partial charge in [-0.3, -0.25) is 0 Å². The van der Waals surface area contributed by atoms with E-state index in [0.717, 1.165) is 32.7 Å². The fourth-order valence-corrected chi connectivity index (χ4v) is 1.40. The van der Waals surface area contributed by atoms with E-state index in [2.05, 4.69) is 14.9 Å². The zero-order valence-electron chi connectivity index (χ0n) is 9.80. The Hall–Kier alpha value is 0.283. The van der Waals surface area contributed by atoms with Gasteiger partial charge in [0.1, 0.15) is 0 Å². The molecule has 0 spiro atoms. The third-order valence-electron chi connectivity index (χ3n) is 2.03. The normalized spacial score (nSPS) is 11.9. The molecule has 0 aromatic carbocycles. The number of likely N-dealkylation sites (N-methyl/N-ethyl adjacent to an activating group) is 1. The Kier molecular flexibility index (Phi) is 13.6. The van der Waals surface area contributed by atoms with Crippen LogP contribution in [0.3, 0.4) is 0 Å². The van der Waals surface area contributed by atoms with Crippen LogP contribution in [-0.4, -0.2) is 46.1 Å². The molecule has 0 bridgehead atoms. The second-order valence-electron chi connectivity index (χ2n) is 3.28. The molecule has 4 nitrogen and oxygen atoms in total. The van der Waals surface area contributed by atoms with Crippen molar-refractivity contribution in [1.29, 1.82) is 0 Å². The molecule has 5 heteroatoms. The topological polar surface area (TPSA) is 56.5 Å². The number of ether oxygens (including phenoxy) is 2. The number of hydrogen-bond acceptors (Lipinski definition) is 4. The zero-order chi connectivity index (χ0) is 12.1. The van der Waals surface area contributed by atoms with Crippen molar-refractivity contribution in [3.63, 3.8) is 0 Å². The van der Waals surface area contributed by atoms with Crippen molar-refractivity contribution in [2.45, 2.75) is 18.9 Å². The summed E-state index contributed by atoms with van der Waals surface area (Å²) in [5.41, 5.74) is 5.51. The van der Waals surface area contributed by atoms with Crippen molar-refractivity contribution in [2.24, 2.45) is 5.73 Å². The van der Waals surface area contributed by atoms with Crippen molar-refractivity contribution >= 4 is 0 Å². The summed E-state index contributed by atoms with van der Waals surface area (Å²) in [6.07, 6.45) is 1.75. The SMILES string of the molecule is CNC(CN)COCCCOCCC#C[At]. The Labute approximate surface area is 113 Å². The van der Waals surface area contributed by atoms with Gasteiger partial charge in [0.2, 0.25) is 0 Å². The minimum absolute atomic E-state index is 0.252. The number of rotatable bonds is 10. The first kappa shape index (κ1) is 16.3. The van der Waals surface area contributed by atoms with E-state index in [0.29, 0.717) is 13.2 Å². The second-order valence-corrected chi connectivity index (χ2v) is 4.02. The molecule has 94 valence electrons. The maximum atomic E-state index is 5.51. The van der Waals surface area contributed by atoms with Gasteiger partial charge in [0.05, 0.1) is 0 Å². The molecule has 3 N–H and O–H groups in total. The fourth-order valence-electron chi connectivity index (χ4n) is 1.03. The summed E-state index contributed by atoms with van der Waals surface area (Å²) in [6, 6.07) is 0.252. The van der Waals surface area contributed by atoms with Crippen LogP contribution >= 0.6 is 0 Å². The predicted octanol–water partition coefficient (Wildman–Crippen LogP) is -0.143. The Morgan fingerprint density at radius 3 is 2.69 bits per heavy atom. The van der Waals surface area contributed by atoms with Gasteiger partial charge in [0.15, 0.2) is 0 Å². The summed E-state index contributed by atoms with van der Waals surface area (Å²) in [5, 5.41) is 3.08. The van der Waals surface area contributed by atoms with Gasteiger partial charge in [0.25, 0.3) is 0 Å². The van der Waals surface area contributed by atoms with Crippen LogP contribution in [0.4, 0.5) is 0 Å². The van der Waals surface area contributed by atoms with E-state index in [1.165, 1.54) is 24.7 Å². The Balaban J connectivity index is 3.11. The molecule has 1 atom stereocenters. The van der Waals surface area contributed by atoms with Crippen molar-refractivity contribution in [1.82, 2.24) is 5.32 Å². The van der Waals surface area contributed by atoms with Gasteiger partial charge in [-0.2, -0.15) is 0 Å². The van der Waals surface area contributed by atoms with E-state index in [1.807, 2.05) is 7.05 Å². The number of hydrogen-bond donors (Lipinski definition) is 2. The molecule has 0 rings (SSSR count). The molecule has 0 saturated heterocycles. The number of nitrogens with two attached hydrogens (primary N) is 1. The fraction of sp³-hybridized carbons (Fsp3) is 0.818.